The molecule has 126 valence electrons. The number of fused-ring (bicyclic) bond motifs is 1. The minimum Gasteiger partial charge on any atom is -0.482 e. The predicted molar refractivity (Wildman–Crippen MR) is 91.9 cm³/mol. The minimum atomic E-state index is -3.78. The van der Waals surface area contributed by atoms with Crippen molar-refractivity contribution >= 4 is 27.3 Å². The molecule has 2 N–H and O–H groups in total. The molecule has 0 saturated heterocycles. The molecule has 1 heterocycles. The standard InChI is InChI=1S/C17H18N2O4S/c1-3-12-6-4-5-11(2)17(12)19-24(21,22)13-7-8-15-14(9-13)18-16(20)10-23-15/h4-9,19H,3,10H2,1-2H3,(H,18,20). The van der Waals surface area contributed by atoms with Gasteiger partial charge in [-0.3, -0.25) is 9.52 Å². The quantitative estimate of drug-likeness (QED) is 0.891. The first-order chi connectivity index (χ1) is 11.4. The molecule has 1 amide bonds. The van der Waals surface area contributed by atoms with Crippen molar-refractivity contribution in [1.82, 2.24) is 0 Å². The van der Waals surface area contributed by atoms with Gasteiger partial charge in [-0.05, 0) is 42.7 Å². The van der Waals surface area contributed by atoms with Crippen molar-refractivity contribution in [2.24, 2.45) is 0 Å². The van der Waals surface area contributed by atoms with E-state index >= 15 is 0 Å². The number of sulfonamides is 1. The van der Waals surface area contributed by atoms with Gasteiger partial charge in [-0.25, -0.2) is 8.42 Å². The Bertz CT molecular complexity index is 907. The molecule has 2 aromatic rings. The molecule has 0 radical (unpaired) electrons. The van der Waals surface area contributed by atoms with E-state index in [4.69, 9.17) is 4.74 Å². The van der Waals surface area contributed by atoms with Crippen LogP contribution in [-0.4, -0.2) is 20.9 Å². The Hall–Kier alpha value is -2.54. The summed E-state index contributed by atoms with van der Waals surface area (Å²) in [6.07, 6.45) is 0.716. The summed E-state index contributed by atoms with van der Waals surface area (Å²) in [6, 6.07) is 10.1. The average Bonchev–Trinajstić information content (AvgIpc) is 2.55. The summed E-state index contributed by atoms with van der Waals surface area (Å²) in [5.74, 6) is 0.149. The SMILES string of the molecule is CCc1cccc(C)c1NS(=O)(=O)c1ccc2c(c1)NC(=O)CO2. The molecule has 6 nitrogen and oxygen atoms in total. The summed E-state index contributed by atoms with van der Waals surface area (Å²) in [5, 5.41) is 2.61. The lowest BCUT2D eigenvalue weighted by molar-refractivity contribution is -0.118. The van der Waals surface area contributed by atoms with Crippen LogP contribution in [0.3, 0.4) is 0 Å². The third-order valence-corrected chi connectivity index (χ3v) is 5.22. The first-order valence-electron chi connectivity index (χ1n) is 7.58. The third kappa shape index (κ3) is 3.07. The smallest absolute Gasteiger partial charge is 0.262 e. The van der Waals surface area contributed by atoms with Gasteiger partial charge < -0.3 is 10.1 Å². The van der Waals surface area contributed by atoms with Crippen LogP contribution in [0.25, 0.3) is 0 Å². The summed E-state index contributed by atoms with van der Waals surface area (Å²) in [5.41, 5.74) is 2.73. The highest BCUT2D eigenvalue weighted by Crippen LogP contribution is 2.31. The van der Waals surface area contributed by atoms with Crippen molar-refractivity contribution in [2.45, 2.75) is 25.2 Å². The molecule has 0 spiro atoms. The number of rotatable bonds is 4. The molecule has 0 bridgehead atoms. The van der Waals surface area contributed by atoms with E-state index in [0.29, 0.717) is 23.5 Å². The van der Waals surface area contributed by atoms with E-state index in [1.54, 1.807) is 6.07 Å². The Morgan fingerprint density at radius 2 is 2.04 bits per heavy atom. The van der Waals surface area contributed by atoms with Crippen LogP contribution < -0.4 is 14.8 Å². The molecule has 0 aromatic heterocycles. The van der Waals surface area contributed by atoms with Gasteiger partial charge in [0.15, 0.2) is 6.61 Å². The molecule has 0 unspecified atom stereocenters. The molecular weight excluding hydrogens is 328 g/mol. The van der Waals surface area contributed by atoms with Crippen LogP contribution >= 0.6 is 0 Å². The number of aryl methyl sites for hydroxylation is 2. The number of nitrogens with one attached hydrogen (secondary N) is 2. The molecule has 7 heteroatoms. The topological polar surface area (TPSA) is 84.5 Å². The van der Waals surface area contributed by atoms with E-state index in [1.165, 1.54) is 12.1 Å². The lowest BCUT2D eigenvalue weighted by Gasteiger charge is -2.19. The highest BCUT2D eigenvalue weighted by Gasteiger charge is 2.22. The van der Waals surface area contributed by atoms with Gasteiger partial charge in [0.1, 0.15) is 5.75 Å². The van der Waals surface area contributed by atoms with Gasteiger partial charge >= 0.3 is 0 Å². The summed E-state index contributed by atoms with van der Waals surface area (Å²) in [7, 11) is -3.78. The lowest BCUT2D eigenvalue weighted by Crippen LogP contribution is -2.25. The predicted octanol–water partition coefficient (Wildman–Crippen LogP) is 2.69. The Morgan fingerprint density at radius 3 is 2.79 bits per heavy atom. The van der Waals surface area contributed by atoms with Crippen LogP contribution in [0.15, 0.2) is 41.3 Å². The van der Waals surface area contributed by atoms with Gasteiger partial charge in [-0.1, -0.05) is 25.1 Å². The van der Waals surface area contributed by atoms with Gasteiger partial charge in [0.25, 0.3) is 15.9 Å². The molecule has 0 fully saturated rings. The number of hydrogen-bond acceptors (Lipinski definition) is 4. The largest absolute Gasteiger partial charge is 0.482 e. The van der Waals surface area contributed by atoms with Crippen LogP contribution in [0.1, 0.15) is 18.1 Å². The second-order valence-electron chi connectivity index (χ2n) is 5.56. The van der Waals surface area contributed by atoms with Crippen molar-refractivity contribution in [2.75, 3.05) is 16.6 Å². The number of amides is 1. The van der Waals surface area contributed by atoms with E-state index in [-0.39, 0.29) is 17.4 Å². The number of carbonyl (C=O) groups excluding carboxylic acids is 1. The highest BCUT2D eigenvalue weighted by atomic mass is 32.2. The van der Waals surface area contributed by atoms with Crippen molar-refractivity contribution < 1.29 is 17.9 Å². The lowest BCUT2D eigenvalue weighted by atomic mass is 10.1. The Kier molecular flexibility index (Phi) is 4.19. The number of carbonyl (C=O) groups is 1. The van der Waals surface area contributed by atoms with Crippen LogP contribution in [-0.2, 0) is 21.2 Å². The molecule has 1 aliphatic heterocycles. The molecule has 2 aromatic carbocycles. The second kappa shape index (κ2) is 6.16. The zero-order chi connectivity index (χ0) is 17.3. The minimum absolute atomic E-state index is 0.0670. The van der Waals surface area contributed by atoms with E-state index in [2.05, 4.69) is 10.0 Å². The van der Waals surface area contributed by atoms with E-state index in [1.807, 2.05) is 32.0 Å². The zero-order valence-electron chi connectivity index (χ0n) is 13.4. The highest BCUT2D eigenvalue weighted by molar-refractivity contribution is 7.92. The van der Waals surface area contributed by atoms with Gasteiger partial charge in [-0.15, -0.1) is 0 Å². The molecule has 0 saturated carbocycles. The van der Waals surface area contributed by atoms with E-state index < -0.39 is 10.0 Å². The number of benzene rings is 2. The summed E-state index contributed by atoms with van der Waals surface area (Å²) >= 11 is 0. The number of anilines is 2. The maximum absolute atomic E-state index is 12.7. The average molecular weight is 346 g/mol. The molecule has 1 aliphatic rings. The fourth-order valence-corrected chi connectivity index (χ4v) is 3.79. The van der Waals surface area contributed by atoms with Crippen molar-refractivity contribution in [3.8, 4) is 5.75 Å². The maximum atomic E-state index is 12.7. The molecule has 24 heavy (non-hydrogen) atoms. The van der Waals surface area contributed by atoms with Crippen LogP contribution in [0.2, 0.25) is 0 Å². The number of ether oxygens (including phenoxy) is 1. The monoisotopic (exact) mass is 346 g/mol. The molecular formula is C17H18N2O4S. The maximum Gasteiger partial charge on any atom is 0.262 e. The number of para-hydroxylation sites is 1. The molecule has 0 aliphatic carbocycles. The van der Waals surface area contributed by atoms with Crippen molar-refractivity contribution in [3.05, 3.63) is 47.5 Å². The van der Waals surface area contributed by atoms with Crippen LogP contribution in [0.5, 0.6) is 5.75 Å². The fraction of sp³-hybridized carbons (Fsp3) is 0.235. The molecule has 3 rings (SSSR count). The van der Waals surface area contributed by atoms with E-state index in [9.17, 15) is 13.2 Å². The Balaban J connectivity index is 1.97. The number of hydrogen-bond donors (Lipinski definition) is 2. The zero-order valence-corrected chi connectivity index (χ0v) is 14.2. The second-order valence-corrected chi connectivity index (χ2v) is 7.25. The van der Waals surface area contributed by atoms with Gasteiger partial charge in [0.05, 0.1) is 16.3 Å². The van der Waals surface area contributed by atoms with Crippen LogP contribution in [0, 0.1) is 6.92 Å². The Morgan fingerprint density at radius 1 is 1.25 bits per heavy atom. The van der Waals surface area contributed by atoms with Crippen LogP contribution in [0.4, 0.5) is 11.4 Å². The fourth-order valence-electron chi connectivity index (χ4n) is 2.59. The summed E-state index contributed by atoms with van der Waals surface area (Å²) in [4.78, 5) is 11.5. The van der Waals surface area contributed by atoms with Gasteiger partial charge in [0.2, 0.25) is 0 Å². The molecule has 0 atom stereocenters. The van der Waals surface area contributed by atoms with E-state index in [0.717, 1.165) is 11.1 Å². The van der Waals surface area contributed by atoms with Gasteiger partial charge in [0, 0.05) is 0 Å². The normalized spacial score (nSPS) is 13.7. The van der Waals surface area contributed by atoms with Crippen molar-refractivity contribution in [3.63, 3.8) is 0 Å². The first-order valence-corrected chi connectivity index (χ1v) is 9.07. The van der Waals surface area contributed by atoms with Crippen molar-refractivity contribution in [1.29, 1.82) is 0 Å². The third-order valence-electron chi connectivity index (χ3n) is 3.87. The summed E-state index contributed by atoms with van der Waals surface area (Å²) in [6.45, 7) is 3.76. The summed E-state index contributed by atoms with van der Waals surface area (Å²) < 4.78 is 33.4. The first kappa shape index (κ1) is 16.3. The van der Waals surface area contributed by atoms with Gasteiger partial charge in [-0.2, -0.15) is 0 Å². The Labute approximate surface area is 140 Å².